The average Bonchev–Trinajstić information content (AvgIpc) is 3.31. The van der Waals surface area contributed by atoms with Gasteiger partial charge < -0.3 is 20.7 Å². The topological polar surface area (TPSA) is 130 Å². The number of piperidine rings is 1. The van der Waals surface area contributed by atoms with Gasteiger partial charge in [0.2, 0.25) is 0 Å². The molecule has 5 rings (SSSR count). The lowest BCUT2D eigenvalue weighted by Crippen LogP contribution is -2.59. The van der Waals surface area contributed by atoms with Gasteiger partial charge in [-0.15, -0.1) is 0 Å². The summed E-state index contributed by atoms with van der Waals surface area (Å²) in [7, 11) is -0.157. The zero-order valence-corrected chi connectivity index (χ0v) is 25.2. The summed E-state index contributed by atoms with van der Waals surface area (Å²) in [5.41, 5.74) is -4.01. The minimum atomic E-state index is -4.61. The molecule has 0 aromatic carbocycles. The largest absolute Gasteiger partial charge is 0.494 e. The van der Waals surface area contributed by atoms with E-state index in [9.17, 15) is 26.4 Å². The summed E-state index contributed by atoms with van der Waals surface area (Å²) in [6.07, 6.45) is 0.430. The molecule has 3 N–H and O–H groups in total. The first-order valence-corrected chi connectivity index (χ1v) is 16.1. The van der Waals surface area contributed by atoms with Gasteiger partial charge in [-0.1, -0.05) is 12.0 Å². The Hall–Kier alpha value is -3.75. The normalized spacial score (nSPS) is 20.3. The number of pyridine rings is 2. The maximum absolute atomic E-state index is 15.2. The van der Waals surface area contributed by atoms with Crippen LogP contribution in [0.3, 0.4) is 0 Å². The highest BCUT2D eigenvalue weighted by molar-refractivity contribution is 8.00. The van der Waals surface area contributed by atoms with Crippen molar-refractivity contribution in [3.63, 3.8) is 0 Å². The molecule has 0 bridgehead atoms. The van der Waals surface area contributed by atoms with Crippen molar-refractivity contribution in [1.82, 2.24) is 24.8 Å². The van der Waals surface area contributed by atoms with Gasteiger partial charge in [0, 0.05) is 32.2 Å². The van der Waals surface area contributed by atoms with Gasteiger partial charge in [0.05, 0.1) is 53.5 Å². The van der Waals surface area contributed by atoms with Crippen molar-refractivity contribution in [1.29, 1.82) is 0 Å². The third-order valence-electron chi connectivity index (χ3n) is 7.26. The van der Waals surface area contributed by atoms with E-state index in [1.807, 2.05) is 4.90 Å². The van der Waals surface area contributed by atoms with E-state index in [1.165, 1.54) is 37.0 Å². The molecule has 236 valence electrons. The molecule has 44 heavy (non-hydrogen) atoms. The van der Waals surface area contributed by atoms with E-state index in [1.54, 1.807) is 12.1 Å². The predicted octanol–water partition coefficient (Wildman–Crippen LogP) is 2.79. The van der Waals surface area contributed by atoms with Crippen molar-refractivity contribution in [2.24, 2.45) is 0 Å². The Labute approximate surface area is 255 Å². The highest BCUT2D eigenvalue weighted by atomic mass is 32.2. The Morgan fingerprint density at radius 2 is 2.05 bits per heavy atom. The van der Waals surface area contributed by atoms with Crippen LogP contribution in [0.25, 0.3) is 5.52 Å². The van der Waals surface area contributed by atoms with E-state index in [2.05, 4.69) is 37.9 Å². The first-order chi connectivity index (χ1) is 20.9. The minimum Gasteiger partial charge on any atom is -0.494 e. The van der Waals surface area contributed by atoms with E-state index in [0.29, 0.717) is 30.2 Å². The number of methoxy groups -OCH3 is 1. The van der Waals surface area contributed by atoms with Crippen LogP contribution in [0.15, 0.2) is 35.4 Å². The number of hydrogen-bond acceptors (Lipinski definition) is 10. The summed E-state index contributed by atoms with van der Waals surface area (Å²) in [5, 5.41) is 12.9. The Bertz CT molecular complexity index is 1710. The Balaban J connectivity index is 1.34. The summed E-state index contributed by atoms with van der Waals surface area (Å²) in [6.45, 7) is 0.540. The zero-order chi connectivity index (χ0) is 31.6. The van der Waals surface area contributed by atoms with Gasteiger partial charge in [-0.2, -0.15) is 18.3 Å². The van der Waals surface area contributed by atoms with Crippen LogP contribution in [-0.4, -0.2) is 103 Å². The van der Waals surface area contributed by atoms with Crippen LogP contribution in [0.1, 0.15) is 22.6 Å². The molecule has 0 radical (unpaired) electrons. The molecule has 1 amide bonds. The maximum Gasteiger partial charge on any atom is 0.446 e. The molecule has 0 saturated carbocycles. The number of ether oxygens (including phenoxy) is 1. The molecule has 2 saturated heterocycles. The number of fused-ring (bicyclic) bond motifs is 1. The summed E-state index contributed by atoms with van der Waals surface area (Å²) >= 11 is -0.334. The third-order valence-corrected chi connectivity index (χ3v) is 9.89. The second kappa shape index (κ2) is 12.7. The summed E-state index contributed by atoms with van der Waals surface area (Å²) in [5.74, 6) is 5.75. The van der Waals surface area contributed by atoms with Crippen molar-refractivity contribution in [2.75, 3.05) is 55.9 Å². The lowest BCUT2D eigenvalue weighted by molar-refractivity contribution is -0.0327. The zero-order valence-electron chi connectivity index (χ0n) is 23.6. The number of carbonyl (C=O) groups is 1. The number of thioether (sulfide) groups is 1. The fraction of sp³-hybridized carbons (Fsp3) is 0.444. The number of halogens is 4. The van der Waals surface area contributed by atoms with E-state index in [-0.39, 0.29) is 64.2 Å². The van der Waals surface area contributed by atoms with Gasteiger partial charge >= 0.3 is 5.51 Å². The number of likely N-dealkylation sites (tertiary alicyclic amines) is 1. The number of rotatable bonds is 8. The number of alkyl halides is 4. The van der Waals surface area contributed by atoms with Crippen LogP contribution in [0.4, 0.5) is 29.1 Å². The highest BCUT2D eigenvalue weighted by Crippen LogP contribution is 2.41. The smallest absolute Gasteiger partial charge is 0.446 e. The minimum absolute atomic E-state index is 0.00311. The fourth-order valence-electron chi connectivity index (χ4n) is 5.07. The molecule has 0 unspecified atom stereocenters. The van der Waals surface area contributed by atoms with Crippen LogP contribution < -0.4 is 20.7 Å². The van der Waals surface area contributed by atoms with E-state index < -0.39 is 33.5 Å². The van der Waals surface area contributed by atoms with Crippen molar-refractivity contribution < 1.29 is 35.5 Å². The standard InChI is InChI=1S/C27H29F4N7O4S2/c1-32-26(39)20-11-23(42-2)21(12-34-20)33-9-4-5-19-25(43-27(29,30)31)22-6-3-7-24(38(22)36-19)35-18-8-10-37(13-17(18)28)16-14-44(40,41)15-16/h3,6-7,11-12,16-18,33,35H,8-10,13-15H2,1-2H3,(H,32,39)/t17-,18+/m0/s1. The van der Waals surface area contributed by atoms with Crippen LogP contribution in [0.5, 0.6) is 5.75 Å². The van der Waals surface area contributed by atoms with E-state index in [4.69, 9.17) is 4.74 Å². The van der Waals surface area contributed by atoms with Gasteiger partial charge in [-0.05, 0) is 36.2 Å². The van der Waals surface area contributed by atoms with Gasteiger partial charge in [0.25, 0.3) is 5.91 Å². The molecule has 5 heterocycles. The average molecular weight is 656 g/mol. The molecular formula is C27H29F4N7O4S2. The van der Waals surface area contributed by atoms with Gasteiger partial charge in [-0.25, -0.2) is 22.3 Å². The van der Waals surface area contributed by atoms with Gasteiger partial charge in [0.1, 0.15) is 29.1 Å². The quantitative estimate of drug-likeness (QED) is 0.189. The molecule has 2 aliphatic rings. The van der Waals surface area contributed by atoms with E-state index in [0.717, 1.165) is 0 Å². The number of anilines is 2. The molecule has 17 heteroatoms. The van der Waals surface area contributed by atoms with Crippen molar-refractivity contribution in [3.8, 4) is 17.6 Å². The maximum atomic E-state index is 15.2. The fourth-order valence-corrected chi connectivity index (χ4v) is 7.25. The Kier molecular flexibility index (Phi) is 9.14. The lowest BCUT2D eigenvalue weighted by Gasteiger charge is -2.42. The second-order valence-electron chi connectivity index (χ2n) is 10.2. The summed E-state index contributed by atoms with van der Waals surface area (Å²) in [6, 6.07) is 5.24. The molecule has 2 atom stereocenters. The number of nitrogens with zero attached hydrogens (tertiary/aromatic N) is 4. The number of amides is 1. The molecule has 0 spiro atoms. The number of sulfone groups is 1. The third kappa shape index (κ3) is 7.13. The van der Waals surface area contributed by atoms with Crippen molar-refractivity contribution >= 4 is 44.5 Å². The Morgan fingerprint density at radius 1 is 1.27 bits per heavy atom. The first-order valence-electron chi connectivity index (χ1n) is 13.5. The predicted molar refractivity (Wildman–Crippen MR) is 158 cm³/mol. The van der Waals surface area contributed by atoms with Crippen molar-refractivity contribution in [2.45, 2.75) is 35.1 Å². The highest BCUT2D eigenvalue weighted by Gasteiger charge is 2.41. The Morgan fingerprint density at radius 3 is 2.70 bits per heavy atom. The molecule has 0 aliphatic carbocycles. The molecule has 11 nitrogen and oxygen atoms in total. The van der Waals surface area contributed by atoms with Crippen LogP contribution in [-0.2, 0) is 9.84 Å². The summed E-state index contributed by atoms with van der Waals surface area (Å²) < 4.78 is 85.5. The van der Waals surface area contributed by atoms with Gasteiger partial charge in [-0.3, -0.25) is 9.69 Å². The van der Waals surface area contributed by atoms with Crippen LogP contribution in [0, 0.1) is 11.8 Å². The SMILES string of the molecule is CNC(=O)c1cc(OC)c(NCC#Cc2nn3c(N[C@@H]4CCN(C5CS(=O)(=O)C5)C[C@@H]4F)cccc3c2SC(F)(F)F)cn1. The number of carbonyl (C=O) groups excluding carboxylic acids is 1. The van der Waals surface area contributed by atoms with Gasteiger partial charge in [0.15, 0.2) is 9.84 Å². The molecule has 3 aromatic rings. The molecular weight excluding hydrogens is 626 g/mol. The molecule has 3 aromatic heterocycles. The molecule has 2 aliphatic heterocycles. The second-order valence-corrected chi connectivity index (χ2v) is 13.4. The van der Waals surface area contributed by atoms with Crippen molar-refractivity contribution in [3.05, 3.63) is 41.9 Å². The first kappa shape index (κ1) is 31.7. The lowest BCUT2D eigenvalue weighted by atomic mass is 10.0. The number of hydrogen-bond donors (Lipinski definition) is 3. The van der Waals surface area contributed by atoms with Crippen LogP contribution >= 0.6 is 11.8 Å². The molecule has 2 fully saturated rings. The van der Waals surface area contributed by atoms with E-state index >= 15 is 4.39 Å². The number of aromatic nitrogens is 3. The summed E-state index contributed by atoms with van der Waals surface area (Å²) in [4.78, 5) is 17.5. The number of nitrogens with one attached hydrogen (secondary N) is 3. The monoisotopic (exact) mass is 655 g/mol. The van der Waals surface area contributed by atoms with Crippen LogP contribution in [0.2, 0.25) is 0 Å².